The molecular weight excluding hydrogens is 337 g/mol. The number of hydrogen-bond acceptors (Lipinski definition) is 2. The third-order valence-electron chi connectivity index (χ3n) is 2.65. The Bertz CT molecular complexity index is 544. The van der Waals surface area contributed by atoms with Crippen LogP contribution >= 0.6 is 38.9 Å². The summed E-state index contributed by atoms with van der Waals surface area (Å²) in [6, 6.07) is 4.91. The van der Waals surface area contributed by atoms with Gasteiger partial charge in [-0.1, -0.05) is 30.7 Å². The fourth-order valence-electron chi connectivity index (χ4n) is 1.83. The molecule has 1 atom stereocenters. The molecule has 0 aliphatic heterocycles. The predicted molar refractivity (Wildman–Crippen MR) is 78.9 cm³/mol. The Labute approximate surface area is 123 Å². The van der Waals surface area contributed by atoms with E-state index in [1.807, 2.05) is 17.7 Å². The van der Waals surface area contributed by atoms with Gasteiger partial charge in [-0.25, -0.2) is 4.39 Å². The molecule has 5 heteroatoms. The van der Waals surface area contributed by atoms with E-state index in [1.54, 1.807) is 29.5 Å². The van der Waals surface area contributed by atoms with Gasteiger partial charge in [-0.3, -0.25) is 0 Å². The van der Waals surface area contributed by atoms with Crippen molar-refractivity contribution in [3.8, 4) is 0 Å². The molecule has 2 aromatic rings. The minimum Gasteiger partial charge on any atom is -0.306 e. The van der Waals surface area contributed by atoms with Crippen molar-refractivity contribution in [1.29, 1.82) is 0 Å². The molecule has 96 valence electrons. The molecular formula is C13H12BrClFNS. The van der Waals surface area contributed by atoms with Crippen molar-refractivity contribution in [1.82, 2.24) is 5.32 Å². The molecule has 1 aromatic carbocycles. The molecule has 0 aliphatic rings. The minimum absolute atomic E-state index is 0.154. The summed E-state index contributed by atoms with van der Waals surface area (Å²) in [6.45, 7) is 2.74. The van der Waals surface area contributed by atoms with Crippen LogP contribution in [0.25, 0.3) is 0 Å². The number of halogens is 3. The second-order valence-corrected chi connectivity index (χ2v) is 5.81. The number of thiophene rings is 1. The molecule has 0 saturated heterocycles. The highest BCUT2D eigenvalue weighted by Gasteiger charge is 2.21. The largest absolute Gasteiger partial charge is 0.306 e. The monoisotopic (exact) mass is 347 g/mol. The molecule has 0 amide bonds. The van der Waals surface area contributed by atoms with Crippen LogP contribution in [-0.2, 0) is 0 Å². The summed E-state index contributed by atoms with van der Waals surface area (Å²) in [5, 5.41) is 7.44. The Kier molecular flexibility index (Phi) is 4.78. The summed E-state index contributed by atoms with van der Waals surface area (Å²) < 4.78 is 15.1. The fraction of sp³-hybridized carbons (Fsp3) is 0.231. The summed E-state index contributed by atoms with van der Waals surface area (Å²) in [7, 11) is 0. The number of benzene rings is 1. The molecule has 1 N–H and O–H groups in total. The first-order chi connectivity index (χ1) is 8.65. The van der Waals surface area contributed by atoms with E-state index in [0.717, 1.165) is 16.6 Å². The summed E-state index contributed by atoms with van der Waals surface area (Å²) in [5.74, 6) is -0.358. The number of hydrogen-bond donors (Lipinski definition) is 1. The van der Waals surface area contributed by atoms with Crippen molar-refractivity contribution < 1.29 is 4.39 Å². The fourth-order valence-corrected chi connectivity index (χ4v) is 3.57. The zero-order chi connectivity index (χ0) is 13.1. The van der Waals surface area contributed by atoms with Crippen molar-refractivity contribution in [2.24, 2.45) is 0 Å². The van der Waals surface area contributed by atoms with Gasteiger partial charge in [0.2, 0.25) is 0 Å². The maximum Gasteiger partial charge on any atom is 0.146 e. The van der Waals surface area contributed by atoms with Gasteiger partial charge in [-0.2, -0.15) is 11.3 Å². The second-order valence-electron chi connectivity index (χ2n) is 3.81. The highest BCUT2D eigenvalue weighted by atomic mass is 79.9. The van der Waals surface area contributed by atoms with E-state index in [0.29, 0.717) is 5.56 Å². The van der Waals surface area contributed by atoms with Crippen LogP contribution in [0.4, 0.5) is 4.39 Å². The van der Waals surface area contributed by atoms with Gasteiger partial charge in [-0.15, -0.1) is 0 Å². The van der Waals surface area contributed by atoms with Gasteiger partial charge < -0.3 is 5.32 Å². The molecule has 0 saturated carbocycles. The van der Waals surface area contributed by atoms with Crippen LogP contribution in [0.3, 0.4) is 0 Å². The lowest BCUT2D eigenvalue weighted by atomic mass is 10.0. The summed E-state index contributed by atoms with van der Waals surface area (Å²) in [4.78, 5) is 0. The number of nitrogens with one attached hydrogen (secondary N) is 1. The van der Waals surface area contributed by atoms with Gasteiger partial charge in [0.15, 0.2) is 0 Å². The predicted octanol–water partition coefficient (Wildman–Crippen LogP) is 5.00. The van der Waals surface area contributed by atoms with Crippen molar-refractivity contribution in [2.75, 3.05) is 6.54 Å². The second kappa shape index (κ2) is 6.15. The zero-order valence-corrected chi connectivity index (χ0v) is 12.9. The average molecular weight is 349 g/mol. The summed E-state index contributed by atoms with van der Waals surface area (Å²) >= 11 is 10.9. The summed E-state index contributed by atoms with van der Waals surface area (Å²) in [6.07, 6.45) is 0. The molecule has 1 aromatic heterocycles. The van der Waals surface area contributed by atoms with Gasteiger partial charge in [0.25, 0.3) is 0 Å². The lowest BCUT2D eigenvalue weighted by Gasteiger charge is -2.19. The lowest BCUT2D eigenvalue weighted by Crippen LogP contribution is -2.23. The van der Waals surface area contributed by atoms with Crippen LogP contribution in [-0.4, -0.2) is 6.54 Å². The normalized spacial score (nSPS) is 12.7. The lowest BCUT2D eigenvalue weighted by molar-refractivity contribution is 0.559. The quantitative estimate of drug-likeness (QED) is 0.819. The van der Waals surface area contributed by atoms with Crippen LogP contribution in [0.1, 0.15) is 24.1 Å². The average Bonchev–Trinajstić information content (AvgIpc) is 2.76. The van der Waals surface area contributed by atoms with E-state index in [1.165, 1.54) is 0 Å². The van der Waals surface area contributed by atoms with E-state index in [9.17, 15) is 4.39 Å². The van der Waals surface area contributed by atoms with Gasteiger partial charge in [0.1, 0.15) is 5.82 Å². The Morgan fingerprint density at radius 3 is 2.78 bits per heavy atom. The van der Waals surface area contributed by atoms with Gasteiger partial charge in [0.05, 0.1) is 11.1 Å². The zero-order valence-electron chi connectivity index (χ0n) is 9.71. The molecule has 0 aliphatic carbocycles. The van der Waals surface area contributed by atoms with Crippen molar-refractivity contribution in [2.45, 2.75) is 13.0 Å². The molecule has 1 nitrogen and oxygen atoms in total. The minimum atomic E-state index is -0.358. The maximum atomic E-state index is 14.1. The standard InChI is InChI=1S/C13H12BrClFNS/c1-2-17-13(9-6-18-7-10(9)14)8-4-3-5-11(15)12(8)16/h3-7,13,17H,2H2,1H3. The highest BCUT2D eigenvalue weighted by Crippen LogP contribution is 2.34. The third-order valence-corrected chi connectivity index (χ3v) is 4.70. The molecule has 1 unspecified atom stereocenters. The van der Waals surface area contributed by atoms with Gasteiger partial charge in [-0.05, 0) is 39.5 Å². The first-order valence-corrected chi connectivity index (χ1v) is 7.65. The van der Waals surface area contributed by atoms with Crippen LogP contribution in [0, 0.1) is 5.82 Å². The molecule has 0 bridgehead atoms. The Morgan fingerprint density at radius 2 is 2.17 bits per heavy atom. The Morgan fingerprint density at radius 1 is 1.39 bits per heavy atom. The molecule has 1 heterocycles. The van der Waals surface area contributed by atoms with Crippen molar-refractivity contribution >= 4 is 38.9 Å². The highest BCUT2D eigenvalue weighted by molar-refractivity contribution is 9.10. The van der Waals surface area contributed by atoms with Crippen LogP contribution < -0.4 is 5.32 Å². The van der Waals surface area contributed by atoms with Crippen LogP contribution in [0.5, 0.6) is 0 Å². The molecule has 0 fully saturated rings. The molecule has 18 heavy (non-hydrogen) atoms. The Balaban J connectivity index is 2.48. The smallest absolute Gasteiger partial charge is 0.146 e. The third kappa shape index (κ3) is 2.77. The topological polar surface area (TPSA) is 12.0 Å². The molecule has 0 radical (unpaired) electrons. The van der Waals surface area contributed by atoms with E-state index >= 15 is 0 Å². The first-order valence-electron chi connectivity index (χ1n) is 5.54. The van der Waals surface area contributed by atoms with Crippen LogP contribution in [0.2, 0.25) is 5.02 Å². The Hall–Kier alpha value is -0.420. The van der Waals surface area contributed by atoms with E-state index in [4.69, 9.17) is 11.6 Å². The van der Waals surface area contributed by atoms with E-state index < -0.39 is 0 Å². The summed E-state index contributed by atoms with van der Waals surface area (Å²) in [5.41, 5.74) is 1.60. The van der Waals surface area contributed by atoms with E-state index in [-0.39, 0.29) is 16.9 Å². The maximum absolute atomic E-state index is 14.1. The van der Waals surface area contributed by atoms with Crippen molar-refractivity contribution in [3.05, 3.63) is 55.4 Å². The molecule has 2 rings (SSSR count). The number of rotatable bonds is 4. The molecule has 0 spiro atoms. The van der Waals surface area contributed by atoms with Gasteiger partial charge in [0, 0.05) is 15.4 Å². The van der Waals surface area contributed by atoms with E-state index in [2.05, 4.69) is 21.2 Å². The van der Waals surface area contributed by atoms with Crippen molar-refractivity contribution in [3.63, 3.8) is 0 Å². The first kappa shape index (κ1) is 14.0. The van der Waals surface area contributed by atoms with Gasteiger partial charge >= 0.3 is 0 Å². The SMILES string of the molecule is CCNC(c1cscc1Br)c1cccc(Cl)c1F. The van der Waals surface area contributed by atoms with Crippen LogP contribution in [0.15, 0.2) is 33.4 Å².